The van der Waals surface area contributed by atoms with Crippen LogP contribution < -0.4 is 19.7 Å². The maximum Gasteiger partial charge on any atom is 0.286 e. The number of hydrogen-bond acceptors (Lipinski definition) is 7. The molecule has 2 aliphatic heterocycles. The van der Waals surface area contributed by atoms with Gasteiger partial charge in [-0.25, -0.2) is 0 Å². The van der Waals surface area contributed by atoms with E-state index in [0.717, 1.165) is 24.6 Å². The number of carbonyl (C=O) groups is 1. The standard InChI is InChI=1S/C20H21N3O5S2/c1-2-3-10-23-15-6-4-5-7-18(15)30(25,26)22-20(23)29-12-19(24)21-14-8-9-16-17(11-14)28-13-27-16/h4-9,11H,2-3,10,12-13H2,1H3,(H,21,24). The summed E-state index contributed by atoms with van der Waals surface area (Å²) in [6.45, 7) is 2.85. The predicted octanol–water partition coefficient (Wildman–Crippen LogP) is 3.45. The Morgan fingerprint density at radius 2 is 2.00 bits per heavy atom. The molecule has 1 amide bonds. The molecule has 0 saturated carbocycles. The van der Waals surface area contributed by atoms with Crippen LogP contribution >= 0.6 is 11.8 Å². The molecule has 0 fully saturated rings. The molecule has 0 atom stereocenters. The number of rotatable bonds is 6. The lowest BCUT2D eigenvalue weighted by molar-refractivity contribution is -0.113. The Morgan fingerprint density at radius 3 is 2.83 bits per heavy atom. The first-order valence-corrected chi connectivity index (χ1v) is 11.9. The number of amides is 1. The van der Waals surface area contributed by atoms with E-state index in [1.54, 1.807) is 42.5 Å². The van der Waals surface area contributed by atoms with Crippen molar-refractivity contribution in [3.63, 3.8) is 0 Å². The summed E-state index contributed by atoms with van der Waals surface area (Å²) < 4.78 is 39.7. The molecule has 0 saturated heterocycles. The van der Waals surface area contributed by atoms with E-state index in [2.05, 4.69) is 16.6 Å². The van der Waals surface area contributed by atoms with Crippen LogP contribution in [0.2, 0.25) is 0 Å². The quantitative estimate of drug-likeness (QED) is 0.724. The number of para-hydroxylation sites is 1. The lowest BCUT2D eigenvalue weighted by atomic mass is 10.2. The van der Waals surface area contributed by atoms with Crippen molar-refractivity contribution < 1.29 is 22.7 Å². The summed E-state index contributed by atoms with van der Waals surface area (Å²) in [6, 6.07) is 11.9. The second-order valence-corrected chi connectivity index (χ2v) is 9.24. The van der Waals surface area contributed by atoms with E-state index in [4.69, 9.17) is 9.47 Å². The third kappa shape index (κ3) is 4.24. The van der Waals surface area contributed by atoms with Gasteiger partial charge >= 0.3 is 0 Å². The summed E-state index contributed by atoms with van der Waals surface area (Å²) >= 11 is 1.10. The third-order valence-corrected chi connectivity index (χ3v) is 6.99. The molecule has 8 nitrogen and oxygen atoms in total. The van der Waals surface area contributed by atoms with E-state index in [-0.39, 0.29) is 23.3 Å². The number of carbonyl (C=O) groups excluding carboxylic acids is 1. The minimum atomic E-state index is -3.80. The van der Waals surface area contributed by atoms with Gasteiger partial charge in [-0.3, -0.25) is 4.79 Å². The first-order chi connectivity index (χ1) is 14.5. The van der Waals surface area contributed by atoms with Gasteiger partial charge < -0.3 is 19.7 Å². The lowest BCUT2D eigenvalue weighted by Gasteiger charge is -2.30. The summed E-state index contributed by atoms with van der Waals surface area (Å²) in [5.74, 6) is 0.960. The van der Waals surface area contributed by atoms with Crippen LogP contribution in [0.5, 0.6) is 11.5 Å². The van der Waals surface area contributed by atoms with Crippen LogP contribution in [0.1, 0.15) is 19.8 Å². The number of benzene rings is 2. The molecule has 158 valence electrons. The third-order valence-electron chi connectivity index (χ3n) is 4.59. The molecule has 0 aliphatic carbocycles. The summed E-state index contributed by atoms with van der Waals surface area (Å²) in [6.07, 6.45) is 1.82. The Kier molecular flexibility index (Phi) is 5.87. The average Bonchev–Trinajstić information content (AvgIpc) is 3.19. The number of ether oxygens (including phenoxy) is 2. The monoisotopic (exact) mass is 447 g/mol. The van der Waals surface area contributed by atoms with Crippen LogP contribution in [0.4, 0.5) is 11.4 Å². The van der Waals surface area contributed by atoms with E-state index >= 15 is 0 Å². The van der Waals surface area contributed by atoms with Gasteiger partial charge in [0, 0.05) is 18.3 Å². The van der Waals surface area contributed by atoms with Gasteiger partial charge in [0.25, 0.3) is 10.0 Å². The van der Waals surface area contributed by atoms with E-state index in [9.17, 15) is 13.2 Å². The molecule has 30 heavy (non-hydrogen) atoms. The smallest absolute Gasteiger partial charge is 0.286 e. The molecule has 0 radical (unpaired) electrons. The zero-order valence-electron chi connectivity index (χ0n) is 16.3. The molecule has 2 aliphatic rings. The van der Waals surface area contributed by atoms with Gasteiger partial charge in [-0.1, -0.05) is 37.2 Å². The summed E-state index contributed by atoms with van der Waals surface area (Å²) in [4.78, 5) is 14.5. The van der Waals surface area contributed by atoms with Crippen molar-refractivity contribution in [2.75, 3.05) is 29.3 Å². The fourth-order valence-electron chi connectivity index (χ4n) is 3.14. The van der Waals surface area contributed by atoms with Crippen molar-refractivity contribution in [3.8, 4) is 11.5 Å². The first kappa shape index (κ1) is 20.5. The molecule has 2 aromatic carbocycles. The number of hydrogen-bond donors (Lipinski definition) is 1. The Morgan fingerprint density at radius 1 is 1.20 bits per heavy atom. The molecule has 0 unspecified atom stereocenters. The van der Waals surface area contributed by atoms with Gasteiger partial charge in [-0.15, -0.1) is 4.40 Å². The van der Waals surface area contributed by atoms with Gasteiger partial charge in [-0.2, -0.15) is 8.42 Å². The molecule has 1 N–H and O–H groups in total. The van der Waals surface area contributed by atoms with Gasteiger partial charge in [0.1, 0.15) is 4.90 Å². The Bertz CT molecular complexity index is 1100. The number of nitrogens with zero attached hydrogens (tertiary/aromatic N) is 2. The topological polar surface area (TPSA) is 97.3 Å². The fraction of sp³-hybridized carbons (Fsp3) is 0.300. The molecular formula is C20H21N3O5S2. The number of amidine groups is 1. The van der Waals surface area contributed by atoms with E-state index in [0.29, 0.717) is 34.6 Å². The zero-order chi connectivity index (χ0) is 21.1. The highest BCUT2D eigenvalue weighted by atomic mass is 32.2. The molecule has 4 rings (SSSR count). The number of fused-ring (bicyclic) bond motifs is 2. The SMILES string of the molecule is CCCCN1C(SCC(=O)Nc2ccc3c(c2)OCO3)=NS(=O)(=O)c2ccccc21. The van der Waals surface area contributed by atoms with Crippen LogP contribution in [0.15, 0.2) is 51.8 Å². The lowest BCUT2D eigenvalue weighted by Crippen LogP contribution is -2.35. The minimum absolute atomic E-state index is 0.0214. The van der Waals surface area contributed by atoms with E-state index < -0.39 is 10.0 Å². The average molecular weight is 448 g/mol. The number of anilines is 2. The minimum Gasteiger partial charge on any atom is -0.454 e. The normalized spacial score (nSPS) is 16.0. The highest BCUT2D eigenvalue weighted by Gasteiger charge is 2.30. The van der Waals surface area contributed by atoms with Crippen molar-refractivity contribution in [2.24, 2.45) is 4.40 Å². The molecule has 0 spiro atoms. The molecule has 2 heterocycles. The van der Waals surface area contributed by atoms with Crippen LogP contribution in [-0.2, 0) is 14.8 Å². The molecule has 2 aromatic rings. The molecule has 0 bridgehead atoms. The molecule has 10 heteroatoms. The van der Waals surface area contributed by atoms with Crippen molar-refractivity contribution in [3.05, 3.63) is 42.5 Å². The molecular weight excluding hydrogens is 426 g/mol. The summed E-state index contributed by atoms with van der Waals surface area (Å²) in [5.41, 5.74) is 1.18. The maximum absolute atomic E-state index is 12.6. The largest absolute Gasteiger partial charge is 0.454 e. The highest BCUT2D eigenvalue weighted by molar-refractivity contribution is 8.15. The summed E-state index contributed by atoms with van der Waals surface area (Å²) in [7, 11) is -3.80. The number of thioether (sulfide) groups is 1. The van der Waals surface area contributed by atoms with Gasteiger partial charge in [-0.05, 0) is 30.7 Å². The Hall–Kier alpha value is -2.72. The van der Waals surface area contributed by atoms with Crippen molar-refractivity contribution >= 4 is 44.2 Å². The van der Waals surface area contributed by atoms with Crippen molar-refractivity contribution in [1.29, 1.82) is 0 Å². The Balaban J connectivity index is 1.48. The highest BCUT2D eigenvalue weighted by Crippen LogP contribution is 2.35. The predicted molar refractivity (Wildman–Crippen MR) is 117 cm³/mol. The van der Waals surface area contributed by atoms with Crippen LogP contribution in [0.3, 0.4) is 0 Å². The van der Waals surface area contributed by atoms with Gasteiger partial charge in [0.2, 0.25) is 12.7 Å². The van der Waals surface area contributed by atoms with Crippen LogP contribution in [0.25, 0.3) is 0 Å². The van der Waals surface area contributed by atoms with Crippen molar-refractivity contribution in [2.45, 2.75) is 24.7 Å². The second-order valence-electron chi connectivity index (χ2n) is 6.73. The van der Waals surface area contributed by atoms with Crippen molar-refractivity contribution in [1.82, 2.24) is 0 Å². The number of sulfonamides is 1. The van der Waals surface area contributed by atoms with Crippen LogP contribution in [0, 0.1) is 0 Å². The maximum atomic E-state index is 12.6. The second kappa shape index (κ2) is 8.57. The number of nitrogens with one attached hydrogen (secondary N) is 1. The van der Waals surface area contributed by atoms with Crippen LogP contribution in [-0.4, -0.2) is 38.6 Å². The Labute approximate surface area is 179 Å². The van der Waals surface area contributed by atoms with E-state index in [1.165, 1.54) is 0 Å². The molecule has 0 aromatic heterocycles. The zero-order valence-corrected chi connectivity index (χ0v) is 18.0. The van der Waals surface area contributed by atoms with Gasteiger partial charge in [0.15, 0.2) is 16.7 Å². The number of unbranched alkanes of at least 4 members (excludes halogenated alkanes) is 1. The first-order valence-electron chi connectivity index (χ1n) is 9.52. The summed E-state index contributed by atoms with van der Waals surface area (Å²) in [5, 5.41) is 3.10. The van der Waals surface area contributed by atoms with Gasteiger partial charge in [0.05, 0.1) is 11.4 Å². The fourth-order valence-corrected chi connectivity index (χ4v) is 5.42. The van der Waals surface area contributed by atoms with E-state index in [1.807, 2.05) is 4.90 Å².